The van der Waals surface area contributed by atoms with Crippen LogP contribution in [0.25, 0.3) is 0 Å². The van der Waals surface area contributed by atoms with Crippen molar-refractivity contribution in [2.24, 2.45) is 7.05 Å². The van der Waals surface area contributed by atoms with Gasteiger partial charge >= 0.3 is 5.69 Å². The summed E-state index contributed by atoms with van der Waals surface area (Å²) in [6, 6.07) is 12.7. The van der Waals surface area contributed by atoms with Crippen LogP contribution in [-0.2, 0) is 7.05 Å². The van der Waals surface area contributed by atoms with Gasteiger partial charge in [0.1, 0.15) is 17.1 Å². The highest BCUT2D eigenvalue weighted by atomic mass is 35.5. The highest BCUT2D eigenvalue weighted by Gasteiger charge is 2.18. The average molecular weight is 414 g/mol. The molecule has 1 heterocycles. The molecule has 8 nitrogen and oxygen atoms in total. The number of Topliss-reactive ketones (excluding diaryl/α,β-unsaturated/α-hetero) is 1. The number of carbonyl (C=O) groups excluding carboxylic acids is 2. The molecule has 0 bridgehead atoms. The molecule has 0 atom stereocenters. The van der Waals surface area contributed by atoms with Crippen molar-refractivity contribution in [1.29, 1.82) is 0 Å². The number of nitrogens with two attached hydrogens (primary N) is 1. The third kappa shape index (κ3) is 4.27. The third-order valence-corrected chi connectivity index (χ3v) is 4.49. The fourth-order valence-corrected chi connectivity index (χ4v) is 2.72. The Kier molecular flexibility index (Phi) is 5.65. The summed E-state index contributed by atoms with van der Waals surface area (Å²) in [5.41, 5.74) is 4.68. The molecular weight excluding hydrogens is 398 g/mol. The summed E-state index contributed by atoms with van der Waals surface area (Å²) in [6.45, 7) is -0.462. The number of nitrogens with zero attached hydrogens (tertiary/aromatic N) is 1. The Morgan fingerprint density at radius 2 is 1.59 bits per heavy atom. The Balaban J connectivity index is 1.71. The molecule has 1 aromatic heterocycles. The Morgan fingerprint density at radius 1 is 1.03 bits per heavy atom. The van der Waals surface area contributed by atoms with Gasteiger partial charge < -0.3 is 10.5 Å². The van der Waals surface area contributed by atoms with Crippen LogP contribution >= 0.6 is 11.6 Å². The quantitative estimate of drug-likeness (QED) is 0.594. The summed E-state index contributed by atoms with van der Waals surface area (Å²) in [6.07, 6.45) is 0. The van der Waals surface area contributed by atoms with Crippen LogP contribution in [0.3, 0.4) is 0 Å². The number of anilines is 1. The van der Waals surface area contributed by atoms with Crippen LogP contribution in [0.4, 0.5) is 5.82 Å². The molecule has 0 aliphatic carbocycles. The average Bonchev–Trinajstić information content (AvgIpc) is 2.71. The first-order chi connectivity index (χ1) is 13.8. The number of aromatic amines is 1. The zero-order valence-corrected chi connectivity index (χ0v) is 16.0. The molecule has 0 aliphatic heterocycles. The van der Waals surface area contributed by atoms with E-state index < -0.39 is 23.6 Å². The molecule has 0 aliphatic rings. The molecule has 0 saturated carbocycles. The van der Waals surface area contributed by atoms with Crippen LogP contribution in [0.5, 0.6) is 5.75 Å². The normalized spacial score (nSPS) is 10.6. The first-order valence-electron chi connectivity index (χ1n) is 8.43. The molecule has 29 heavy (non-hydrogen) atoms. The van der Waals surface area contributed by atoms with E-state index in [1.165, 1.54) is 19.2 Å². The molecule has 3 aromatic rings. The molecule has 3 N–H and O–H groups in total. The molecule has 0 amide bonds. The summed E-state index contributed by atoms with van der Waals surface area (Å²) >= 11 is 5.82. The summed E-state index contributed by atoms with van der Waals surface area (Å²) < 4.78 is 6.35. The molecule has 3 rings (SSSR count). The second kappa shape index (κ2) is 8.15. The van der Waals surface area contributed by atoms with Crippen LogP contribution in [-0.4, -0.2) is 27.7 Å². The van der Waals surface area contributed by atoms with Crippen molar-refractivity contribution in [2.75, 3.05) is 12.3 Å². The van der Waals surface area contributed by atoms with Gasteiger partial charge in [0.25, 0.3) is 5.56 Å². The van der Waals surface area contributed by atoms with E-state index in [1.54, 1.807) is 36.4 Å². The standard InChI is InChI=1S/C20H16ClN3O5/c1-24-18(22)16(19(27)23-20(24)28)15(25)10-29-14-8-4-12(5-9-14)17(26)11-2-6-13(21)7-3-11/h2-9H,10,22H2,1H3,(H,23,27,28). The van der Waals surface area contributed by atoms with Gasteiger partial charge in [0.15, 0.2) is 12.4 Å². The molecule has 0 fully saturated rings. The van der Waals surface area contributed by atoms with E-state index in [4.69, 9.17) is 22.1 Å². The van der Waals surface area contributed by atoms with Crippen molar-refractivity contribution >= 4 is 29.0 Å². The number of rotatable bonds is 6. The second-order valence-corrected chi connectivity index (χ2v) is 6.59. The maximum atomic E-state index is 12.4. The number of H-pyrrole nitrogens is 1. The lowest BCUT2D eigenvalue weighted by Gasteiger charge is -2.09. The second-order valence-electron chi connectivity index (χ2n) is 6.15. The Hall–Kier alpha value is -3.65. The maximum Gasteiger partial charge on any atom is 0.329 e. The lowest BCUT2D eigenvalue weighted by atomic mass is 10.0. The molecule has 148 valence electrons. The first-order valence-corrected chi connectivity index (χ1v) is 8.81. The number of aromatic nitrogens is 2. The number of carbonyl (C=O) groups is 2. The largest absolute Gasteiger partial charge is 0.485 e. The zero-order valence-electron chi connectivity index (χ0n) is 15.3. The fourth-order valence-electron chi connectivity index (χ4n) is 2.60. The van der Waals surface area contributed by atoms with Gasteiger partial charge in [-0.3, -0.25) is 23.9 Å². The monoisotopic (exact) mass is 413 g/mol. The number of halogens is 1. The predicted octanol–water partition coefficient (Wildman–Crippen LogP) is 1.80. The molecule has 0 unspecified atom stereocenters. The van der Waals surface area contributed by atoms with Gasteiger partial charge in [-0.25, -0.2) is 4.79 Å². The van der Waals surface area contributed by atoms with Gasteiger partial charge in [-0.05, 0) is 48.5 Å². The van der Waals surface area contributed by atoms with Gasteiger partial charge in [0.2, 0.25) is 5.78 Å². The van der Waals surface area contributed by atoms with Crippen molar-refractivity contribution in [3.8, 4) is 5.75 Å². The van der Waals surface area contributed by atoms with Crippen molar-refractivity contribution in [1.82, 2.24) is 9.55 Å². The Bertz CT molecular complexity index is 1190. The number of benzene rings is 2. The van der Waals surface area contributed by atoms with Gasteiger partial charge in [0, 0.05) is 23.2 Å². The minimum atomic E-state index is -0.872. The van der Waals surface area contributed by atoms with E-state index in [1.807, 2.05) is 4.98 Å². The number of ketones is 2. The van der Waals surface area contributed by atoms with Gasteiger partial charge in [-0.15, -0.1) is 0 Å². The van der Waals surface area contributed by atoms with Crippen LogP contribution in [0.15, 0.2) is 58.1 Å². The predicted molar refractivity (Wildman–Crippen MR) is 108 cm³/mol. The lowest BCUT2D eigenvalue weighted by molar-refractivity contribution is 0.0919. The number of nitrogen functional groups attached to an aromatic ring is 1. The van der Waals surface area contributed by atoms with E-state index in [0.29, 0.717) is 21.9 Å². The molecule has 0 saturated heterocycles. The number of hydrogen-bond donors (Lipinski definition) is 2. The van der Waals surface area contributed by atoms with Crippen molar-refractivity contribution < 1.29 is 14.3 Å². The van der Waals surface area contributed by atoms with E-state index in [-0.39, 0.29) is 17.2 Å². The summed E-state index contributed by atoms with van der Waals surface area (Å²) in [7, 11) is 1.33. The topological polar surface area (TPSA) is 124 Å². The SMILES string of the molecule is Cn1c(N)c(C(=O)COc2ccc(C(=O)c3ccc(Cl)cc3)cc2)c(=O)[nH]c1=O. The van der Waals surface area contributed by atoms with Crippen molar-refractivity contribution in [2.45, 2.75) is 0 Å². The van der Waals surface area contributed by atoms with E-state index >= 15 is 0 Å². The molecule has 0 spiro atoms. The smallest absolute Gasteiger partial charge is 0.329 e. The molecular formula is C20H16ClN3O5. The minimum Gasteiger partial charge on any atom is -0.485 e. The lowest BCUT2D eigenvalue weighted by Crippen LogP contribution is -2.36. The van der Waals surface area contributed by atoms with E-state index in [9.17, 15) is 19.2 Å². The number of ether oxygens (including phenoxy) is 1. The Labute approximate surface area is 169 Å². The van der Waals surface area contributed by atoms with Crippen LogP contribution in [0.2, 0.25) is 5.02 Å². The third-order valence-electron chi connectivity index (χ3n) is 4.24. The fraction of sp³-hybridized carbons (Fsp3) is 0.100. The van der Waals surface area contributed by atoms with Crippen molar-refractivity contribution in [3.63, 3.8) is 0 Å². The number of nitrogens with one attached hydrogen (secondary N) is 1. The van der Waals surface area contributed by atoms with Crippen LogP contribution in [0.1, 0.15) is 26.3 Å². The van der Waals surface area contributed by atoms with Crippen LogP contribution < -0.4 is 21.7 Å². The summed E-state index contributed by atoms with van der Waals surface area (Å²) in [4.78, 5) is 50.1. The Morgan fingerprint density at radius 3 is 2.17 bits per heavy atom. The molecule has 0 radical (unpaired) electrons. The van der Waals surface area contributed by atoms with Gasteiger partial charge in [-0.1, -0.05) is 11.6 Å². The highest BCUT2D eigenvalue weighted by Crippen LogP contribution is 2.17. The highest BCUT2D eigenvalue weighted by molar-refractivity contribution is 6.30. The zero-order chi connectivity index (χ0) is 21.1. The van der Waals surface area contributed by atoms with Gasteiger partial charge in [0.05, 0.1) is 0 Å². The number of hydrogen-bond acceptors (Lipinski definition) is 6. The molecule has 9 heteroatoms. The molecule has 2 aromatic carbocycles. The minimum absolute atomic E-state index is 0.186. The summed E-state index contributed by atoms with van der Waals surface area (Å²) in [5, 5.41) is 0.535. The van der Waals surface area contributed by atoms with Crippen LogP contribution in [0, 0.1) is 0 Å². The first kappa shape index (κ1) is 20.1. The van der Waals surface area contributed by atoms with E-state index in [2.05, 4.69) is 0 Å². The van der Waals surface area contributed by atoms with E-state index in [0.717, 1.165) is 4.57 Å². The maximum absolute atomic E-state index is 12.4. The summed E-state index contributed by atoms with van der Waals surface area (Å²) in [5.74, 6) is -0.781. The van der Waals surface area contributed by atoms with Gasteiger partial charge in [-0.2, -0.15) is 0 Å². The van der Waals surface area contributed by atoms with Crippen molar-refractivity contribution in [3.05, 3.63) is 91.1 Å².